The molecule has 0 amide bonds. The second-order valence-electron chi connectivity index (χ2n) is 6.78. The Morgan fingerprint density at radius 3 is 2.46 bits per heavy atom. The van der Waals surface area contributed by atoms with Gasteiger partial charge < -0.3 is 0 Å². The minimum Gasteiger partial charge on any atom is -0.297 e. The molecule has 0 radical (unpaired) electrons. The molecular weight excluding hydrogens is 351 g/mol. The summed E-state index contributed by atoms with van der Waals surface area (Å²) in [6.07, 6.45) is 1.33. The molecule has 140 valence electrons. The normalized spacial score (nSPS) is 19.5. The second kappa shape index (κ2) is 8.29. The average molecular weight is 376 g/mol. The molecule has 0 saturated carbocycles. The number of sulfonamides is 1. The molecule has 0 spiro atoms. The Kier molecular flexibility index (Phi) is 6.06. The number of nitrogens with zero attached hydrogens (tertiary/aromatic N) is 2. The number of hydrogen-bond donors (Lipinski definition) is 0. The van der Waals surface area contributed by atoms with Gasteiger partial charge >= 0.3 is 0 Å². The van der Waals surface area contributed by atoms with E-state index in [0.717, 1.165) is 12.0 Å². The highest BCUT2D eigenvalue weighted by Gasteiger charge is 2.33. The third-order valence-corrected chi connectivity index (χ3v) is 6.90. The molecule has 2 aromatic carbocycles. The van der Waals surface area contributed by atoms with E-state index < -0.39 is 10.0 Å². The molecule has 3 rings (SSSR count). The largest absolute Gasteiger partial charge is 0.297 e. The van der Waals surface area contributed by atoms with E-state index in [2.05, 4.69) is 0 Å². The Morgan fingerprint density at radius 1 is 1.04 bits per heavy atom. The van der Waals surface area contributed by atoms with Gasteiger partial charge in [0.1, 0.15) is 5.82 Å². The molecule has 0 aliphatic carbocycles. The van der Waals surface area contributed by atoms with Crippen molar-refractivity contribution in [3.63, 3.8) is 0 Å². The molecule has 26 heavy (non-hydrogen) atoms. The first-order valence-electron chi connectivity index (χ1n) is 8.94. The summed E-state index contributed by atoms with van der Waals surface area (Å²) in [5.74, 6) is -0.164. The number of halogens is 1. The van der Waals surface area contributed by atoms with Crippen molar-refractivity contribution in [2.24, 2.45) is 0 Å². The fraction of sp³-hybridized carbons (Fsp3) is 0.400. The highest BCUT2D eigenvalue weighted by atomic mass is 32.2. The predicted molar refractivity (Wildman–Crippen MR) is 102 cm³/mol. The summed E-state index contributed by atoms with van der Waals surface area (Å²) in [6.45, 7) is 1.34. The smallest absolute Gasteiger partial charge is 0.214 e. The van der Waals surface area contributed by atoms with Gasteiger partial charge in [-0.05, 0) is 31.5 Å². The van der Waals surface area contributed by atoms with Crippen molar-refractivity contribution in [1.82, 2.24) is 9.21 Å². The zero-order valence-electron chi connectivity index (χ0n) is 15.0. The molecule has 2 aromatic rings. The van der Waals surface area contributed by atoms with E-state index in [1.165, 1.54) is 10.4 Å². The first kappa shape index (κ1) is 19.0. The van der Waals surface area contributed by atoms with Crippen molar-refractivity contribution in [1.29, 1.82) is 0 Å². The quantitative estimate of drug-likeness (QED) is 0.778. The lowest BCUT2D eigenvalue weighted by Gasteiger charge is -2.39. The van der Waals surface area contributed by atoms with Crippen molar-refractivity contribution in [3.8, 4) is 0 Å². The van der Waals surface area contributed by atoms with Gasteiger partial charge in [0.2, 0.25) is 10.0 Å². The van der Waals surface area contributed by atoms with Gasteiger partial charge in [-0.2, -0.15) is 4.31 Å². The molecule has 1 fully saturated rings. The van der Waals surface area contributed by atoms with Crippen LogP contribution in [-0.4, -0.2) is 50.1 Å². The van der Waals surface area contributed by atoms with Gasteiger partial charge in [0, 0.05) is 25.2 Å². The van der Waals surface area contributed by atoms with E-state index in [0.29, 0.717) is 31.6 Å². The third kappa shape index (κ3) is 4.50. The average Bonchev–Trinajstić information content (AvgIpc) is 2.63. The predicted octanol–water partition coefficient (Wildman–Crippen LogP) is 3.08. The van der Waals surface area contributed by atoms with E-state index in [9.17, 15) is 12.8 Å². The van der Waals surface area contributed by atoms with E-state index in [4.69, 9.17) is 0 Å². The fourth-order valence-electron chi connectivity index (χ4n) is 3.41. The number of benzene rings is 2. The maximum Gasteiger partial charge on any atom is 0.214 e. The van der Waals surface area contributed by atoms with Crippen LogP contribution in [0.25, 0.3) is 0 Å². The Bertz CT molecular complexity index is 827. The summed E-state index contributed by atoms with van der Waals surface area (Å²) in [6, 6.07) is 16.2. The molecule has 0 bridgehead atoms. The van der Waals surface area contributed by atoms with Crippen LogP contribution in [0, 0.1) is 5.82 Å². The first-order chi connectivity index (χ1) is 12.5. The van der Waals surface area contributed by atoms with E-state index >= 15 is 0 Å². The van der Waals surface area contributed by atoms with E-state index in [1.807, 2.05) is 42.3 Å². The van der Waals surface area contributed by atoms with Gasteiger partial charge in [0.25, 0.3) is 0 Å². The van der Waals surface area contributed by atoms with Crippen LogP contribution in [0.1, 0.15) is 23.6 Å². The monoisotopic (exact) mass is 376 g/mol. The zero-order valence-corrected chi connectivity index (χ0v) is 15.8. The van der Waals surface area contributed by atoms with Crippen LogP contribution in [0.4, 0.5) is 4.39 Å². The molecule has 1 saturated heterocycles. The van der Waals surface area contributed by atoms with Gasteiger partial charge in [-0.1, -0.05) is 48.5 Å². The van der Waals surface area contributed by atoms with Crippen LogP contribution in [0.15, 0.2) is 54.6 Å². The summed E-state index contributed by atoms with van der Waals surface area (Å²) in [7, 11) is -1.43. The van der Waals surface area contributed by atoms with Gasteiger partial charge in [0.05, 0.1) is 11.8 Å². The van der Waals surface area contributed by atoms with Gasteiger partial charge in [0.15, 0.2) is 0 Å². The van der Waals surface area contributed by atoms with Crippen LogP contribution >= 0.6 is 0 Å². The summed E-state index contributed by atoms with van der Waals surface area (Å²) < 4.78 is 41.2. The Labute approximate surface area is 155 Å². The van der Waals surface area contributed by atoms with E-state index in [-0.39, 0.29) is 17.6 Å². The van der Waals surface area contributed by atoms with Crippen molar-refractivity contribution in [3.05, 3.63) is 71.5 Å². The Hall–Kier alpha value is -1.76. The molecule has 1 aliphatic rings. The van der Waals surface area contributed by atoms with Gasteiger partial charge in [-0.3, -0.25) is 4.90 Å². The van der Waals surface area contributed by atoms with Gasteiger partial charge in [-0.25, -0.2) is 12.8 Å². The highest BCUT2D eigenvalue weighted by Crippen LogP contribution is 2.27. The maximum atomic E-state index is 14.2. The lowest BCUT2D eigenvalue weighted by Crippen LogP contribution is -2.49. The Balaban J connectivity index is 1.65. The summed E-state index contributed by atoms with van der Waals surface area (Å²) in [5.41, 5.74) is 1.70. The first-order valence-corrected chi connectivity index (χ1v) is 10.5. The molecular formula is C20H25FN2O2S. The van der Waals surface area contributed by atoms with Crippen LogP contribution in [0.3, 0.4) is 0 Å². The Morgan fingerprint density at radius 2 is 1.73 bits per heavy atom. The molecule has 1 unspecified atom stereocenters. The zero-order chi connectivity index (χ0) is 18.6. The second-order valence-corrected chi connectivity index (χ2v) is 8.87. The standard InChI is InChI=1S/C20H25FN2O2S/c1-22-13-14-23(16-20(22)18-11-5-6-12-19(18)21)26(24,25)15-7-10-17-8-3-2-4-9-17/h2-6,8-9,11-12,20H,7,10,13-16H2,1H3. The molecule has 0 aromatic heterocycles. The van der Waals surface area contributed by atoms with Crippen LogP contribution in [-0.2, 0) is 16.4 Å². The molecule has 1 atom stereocenters. The number of rotatable bonds is 6. The minimum absolute atomic E-state index is 0.121. The highest BCUT2D eigenvalue weighted by molar-refractivity contribution is 7.89. The molecule has 0 N–H and O–H groups in total. The lowest BCUT2D eigenvalue weighted by atomic mass is 10.0. The molecule has 4 nitrogen and oxygen atoms in total. The number of piperazine rings is 1. The third-order valence-electron chi connectivity index (χ3n) is 4.98. The molecule has 1 aliphatic heterocycles. The van der Waals surface area contributed by atoms with E-state index in [1.54, 1.807) is 18.2 Å². The molecule has 1 heterocycles. The van der Waals surface area contributed by atoms with Crippen molar-refractivity contribution in [2.45, 2.75) is 18.9 Å². The number of likely N-dealkylation sites (N-methyl/N-ethyl adjacent to an activating group) is 1. The van der Waals surface area contributed by atoms with Crippen LogP contribution < -0.4 is 0 Å². The fourth-order valence-corrected chi connectivity index (χ4v) is 4.91. The van der Waals surface area contributed by atoms with Crippen LogP contribution in [0.2, 0.25) is 0 Å². The van der Waals surface area contributed by atoms with Crippen LogP contribution in [0.5, 0.6) is 0 Å². The SMILES string of the molecule is CN1CCN(S(=O)(=O)CCCc2ccccc2)CC1c1ccccc1F. The van der Waals surface area contributed by atoms with Crippen molar-refractivity contribution < 1.29 is 12.8 Å². The van der Waals surface area contributed by atoms with Crippen molar-refractivity contribution in [2.75, 3.05) is 32.4 Å². The summed E-state index contributed by atoms with van der Waals surface area (Å²) in [5, 5.41) is 0. The minimum atomic E-state index is -3.35. The number of aryl methyl sites for hydroxylation is 1. The summed E-state index contributed by atoms with van der Waals surface area (Å²) >= 11 is 0. The van der Waals surface area contributed by atoms with Gasteiger partial charge in [-0.15, -0.1) is 0 Å². The lowest BCUT2D eigenvalue weighted by molar-refractivity contribution is 0.145. The topological polar surface area (TPSA) is 40.6 Å². The summed E-state index contributed by atoms with van der Waals surface area (Å²) in [4.78, 5) is 2.02. The maximum absolute atomic E-state index is 14.2. The van der Waals surface area contributed by atoms with Crippen molar-refractivity contribution >= 4 is 10.0 Å². The molecule has 6 heteroatoms. The number of hydrogen-bond acceptors (Lipinski definition) is 3.